The fraction of sp³-hybridized carbons (Fsp3) is 0.440. The van der Waals surface area contributed by atoms with Crippen LogP contribution in [0.3, 0.4) is 0 Å². The molecule has 0 unspecified atom stereocenters. The van der Waals surface area contributed by atoms with Gasteiger partial charge in [0.1, 0.15) is 0 Å². The first-order valence-electron chi connectivity index (χ1n) is 10.8. The SMILES string of the molecule is CCOC(=O)c1ccc(-c2cc(N(C(=O)CC)C3CCCCC3)ccc2C)cc1. The van der Waals surface area contributed by atoms with Crippen LogP contribution in [0, 0.1) is 6.92 Å². The number of hydrogen-bond acceptors (Lipinski definition) is 3. The number of anilines is 1. The van der Waals surface area contributed by atoms with Gasteiger partial charge in [0.15, 0.2) is 0 Å². The number of aryl methyl sites for hydroxylation is 1. The molecule has 1 fully saturated rings. The normalized spacial score (nSPS) is 14.4. The lowest BCUT2D eigenvalue weighted by atomic mass is 9.92. The van der Waals surface area contributed by atoms with E-state index in [2.05, 4.69) is 25.1 Å². The van der Waals surface area contributed by atoms with E-state index in [4.69, 9.17) is 4.74 Å². The van der Waals surface area contributed by atoms with Gasteiger partial charge in [-0.2, -0.15) is 0 Å². The Morgan fingerprint density at radius 2 is 1.69 bits per heavy atom. The standard InChI is InChI=1S/C25H31NO3/c1-4-24(27)26(21-9-7-6-8-10-21)22-16-11-18(3)23(17-22)19-12-14-20(15-13-19)25(28)29-5-2/h11-17,21H,4-10H2,1-3H3. The van der Waals surface area contributed by atoms with Crippen LogP contribution in [0.25, 0.3) is 11.1 Å². The maximum atomic E-state index is 12.8. The first-order chi connectivity index (χ1) is 14.0. The summed E-state index contributed by atoms with van der Waals surface area (Å²) >= 11 is 0. The molecule has 154 valence electrons. The lowest BCUT2D eigenvalue weighted by Gasteiger charge is -2.34. The number of nitrogens with zero attached hydrogens (tertiary/aromatic N) is 1. The summed E-state index contributed by atoms with van der Waals surface area (Å²) in [6.45, 7) is 6.17. The molecule has 4 heteroatoms. The minimum absolute atomic E-state index is 0.185. The molecule has 0 bridgehead atoms. The molecule has 3 rings (SSSR count). The molecule has 0 spiro atoms. The van der Waals surface area contributed by atoms with Crippen molar-refractivity contribution in [2.75, 3.05) is 11.5 Å². The first kappa shape index (κ1) is 21.1. The molecular weight excluding hydrogens is 362 g/mol. The Hall–Kier alpha value is -2.62. The predicted molar refractivity (Wildman–Crippen MR) is 117 cm³/mol. The average Bonchev–Trinajstić information content (AvgIpc) is 2.76. The topological polar surface area (TPSA) is 46.6 Å². The summed E-state index contributed by atoms with van der Waals surface area (Å²) in [6, 6.07) is 14.1. The predicted octanol–water partition coefficient (Wildman–Crippen LogP) is 5.91. The molecule has 2 aromatic rings. The van der Waals surface area contributed by atoms with E-state index in [0.29, 0.717) is 18.6 Å². The first-order valence-corrected chi connectivity index (χ1v) is 10.8. The van der Waals surface area contributed by atoms with Crippen LogP contribution < -0.4 is 4.90 Å². The number of benzene rings is 2. The van der Waals surface area contributed by atoms with E-state index >= 15 is 0 Å². The number of rotatable bonds is 6. The smallest absolute Gasteiger partial charge is 0.338 e. The van der Waals surface area contributed by atoms with Crippen LogP contribution in [0.2, 0.25) is 0 Å². The van der Waals surface area contributed by atoms with E-state index in [1.807, 2.05) is 24.0 Å². The molecule has 1 aliphatic rings. The van der Waals surface area contributed by atoms with Crippen molar-refractivity contribution in [3.05, 3.63) is 53.6 Å². The van der Waals surface area contributed by atoms with Gasteiger partial charge in [-0.15, -0.1) is 0 Å². The second-order valence-electron chi connectivity index (χ2n) is 7.71. The zero-order chi connectivity index (χ0) is 20.8. The highest BCUT2D eigenvalue weighted by Crippen LogP contribution is 2.33. The Kier molecular flexibility index (Phi) is 7.08. The molecule has 0 radical (unpaired) electrons. The summed E-state index contributed by atoms with van der Waals surface area (Å²) in [4.78, 5) is 26.7. The molecule has 0 saturated heterocycles. The lowest BCUT2D eigenvalue weighted by Crippen LogP contribution is -2.41. The maximum Gasteiger partial charge on any atom is 0.338 e. The van der Waals surface area contributed by atoms with Crippen molar-refractivity contribution in [2.45, 2.75) is 65.3 Å². The van der Waals surface area contributed by atoms with Crippen molar-refractivity contribution in [1.82, 2.24) is 0 Å². The number of carbonyl (C=O) groups excluding carboxylic acids is 2. The van der Waals surface area contributed by atoms with Gasteiger partial charge in [-0.3, -0.25) is 4.79 Å². The number of hydrogen-bond donors (Lipinski definition) is 0. The van der Waals surface area contributed by atoms with Crippen molar-refractivity contribution in [3.63, 3.8) is 0 Å². The molecule has 0 aliphatic heterocycles. The third-order valence-electron chi connectivity index (χ3n) is 5.72. The van der Waals surface area contributed by atoms with Gasteiger partial charge in [-0.25, -0.2) is 4.79 Å². The Morgan fingerprint density at radius 3 is 2.31 bits per heavy atom. The zero-order valence-electron chi connectivity index (χ0n) is 17.7. The Labute approximate surface area is 173 Å². The summed E-state index contributed by atoms with van der Waals surface area (Å²) in [5, 5.41) is 0. The van der Waals surface area contributed by atoms with Gasteiger partial charge in [-0.1, -0.05) is 44.4 Å². The van der Waals surface area contributed by atoms with E-state index < -0.39 is 0 Å². The monoisotopic (exact) mass is 393 g/mol. The number of esters is 1. The quantitative estimate of drug-likeness (QED) is 0.573. The van der Waals surface area contributed by atoms with Crippen LogP contribution in [0.5, 0.6) is 0 Å². The molecule has 2 aromatic carbocycles. The number of ether oxygens (including phenoxy) is 1. The largest absolute Gasteiger partial charge is 0.462 e. The van der Waals surface area contributed by atoms with Crippen LogP contribution >= 0.6 is 0 Å². The van der Waals surface area contributed by atoms with Gasteiger partial charge < -0.3 is 9.64 Å². The third kappa shape index (κ3) is 4.87. The molecule has 4 nitrogen and oxygen atoms in total. The molecule has 0 heterocycles. The molecule has 29 heavy (non-hydrogen) atoms. The minimum atomic E-state index is -0.304. The van der Waals surface area contributed by atoms with Gasteiger partial charge in [0.25, 0.3) is 0 Å². The van der Waals surface area contributed by atoms with Gasteiger partial charge in [0.05, 0.1) is 12.2 Å². The van der Waals surface area contributed by atoms with Gasteiger partial charge in [-0.05, 0) is 67.6 Å². The Balaban J connectivity index is 1.93. The fourth-order valence-electron chi connectivity index (χ4n) is 4.14. The van der Waals surface area contributed by atoms with Crippen LogP contribution in [0.1, 0.15) is 68.3 Å². The van der Waals surface area contributed by atoms with E-state index in [1.54, 1.807) is 19.1 Å². The second-order valence-corrected chi connectivity index (χ2v) is 7.71. The van der Waals surface area contributed by atoms with Crippen LogP contribution in [0.15, 0.2) is 42.5 Å². The van der Waals surface area contributed by atoms with Gasteiger partial charge >= 0.3 is 5.97 Å². The lowest BCUT2D eigenvalue weighted by molar-refractivity contribution is -0.118. The van der Waals surface area contributed by atoms with Crippen LogP contribution in [0.4, 0.5) is 5.69 Å². The van der Waals surface area contributed by atoms with E-state index in [9.17, 15) is 9.59 Å². The van der Waals surface area contributed by atoms with Crippen molar-refractivity contribution < 1.29 is 14.3 Å². The Bertz CT molecular complexity index is 851. The molecular formula is C25H31NO3. The molecule has 1 saturated carbocycles. The molecule has 0 N–H and O–H groups in total. The van der Waals surface area contributed by atoms with Crippen LogP contribution in [-0.4, -0.2) is 24.5 Å². The highest BCUT2D eigenvalue weighted by atomic mass is 16.5. The van der Waals surface area contributed by atoms with Crippen molar-refractivity contribution in [2.24, 2.45) is 0 Å². The number of amides is 1. The molecule has 1 amide bonds. The zero-order valence-corrected chi connectivity index (χ0v) is 17.7. The Morgan fingerprint density at radius 1 is 1.00 bits per heavy atom. The second kappa shape index (κ2) is 9.73. The minimum Gasteiger partial charge on any atom is -0.462 e. The molecule has 1 aliphatic carbocycles. The summed E-state index contributed by atoms with van der Waals surface area (Å²) in [7, 11) is 0. The summed E-state index contributed by atoms with van der Waals surface area (Å²) < 4.78 is 5.07. The van der Waals surface area contributed by atoms with Crippen molar-refractivity contribution in [1.29, 1.82) is 0 Å². The molecule has 0 aromatic heterocycles. The summed E-state index contributed by atoms with van der Waals surface area (Å²) in [5.41, 5.74) is 4.78. The van der Waals surface area contributed by atoms with Gasteiger partial charge in [0, 0.05) is 18.2 Å². The highest BCUT2D eigenvalue weighted by molar-refractivity contribution is 5.95. The highest BCUT2D eigenvalue weighted by Gasteiger charge is 2.26. The van der Waals surface area contributed by atoms with Crippen molar-refractivity contribution in [3.8, 4) is 11.1 Å². The van der Waals surface area contributed by atoms with E-state index in [1.165, 1.54) is 19.3 Å². The summed E-state index contributed by atoms with van der Waals surface area (Å²) in [5.74, 6) is -0.120. The van der Waals surface area contributed by atoms with E-state index in [-0.39, 0.29) is 17.9 Å². The summed E-state index contributed by atoms with van der Waals surface area (Å²) in [6.07, 6.45) is 6.29. The maximum absolute atomic E-state index is 12.8. The average molecular weight is 394 g/mol. The van der Waals surface area contributed by atoms with E-state index in [0.717, 1.165) is 35.2 Å². The van der Waals surface area contributed by atoms with Crippen LogP contribution in [-0.2, 0) is 9.53 Å². The fourth-order valence-corrected chi connectivity index (χ4v) is 4.14. The van der Waals surface area contributed by atoms with Crippen molar-refractivity contribution >= 4 is 17.6 Å². The van der Waals surface area contributed by atoms with Gasteiger partial charge in [0.2, 0.25) is 5.91 Å². The number of carbonyl (C=O) groups is 2. The third-order valence-corrected chi connectivity index (χ3v) is 5.72. The molecule has 0 atom stereocenters.